The van der Waals surface area contributed by atoms with Crippen molar-refractivity contribution in [1.82, 2.24) is 0 Å². The van der Waals surface area contributed by atoms with Crippen LogP contribution in [0, 0.1) is 5.41 Å². The van der Waals surface area contributed by atoms with Gasteiger partial charge in [0.2, 0.25) is 0 Å². The van der Waals surface area contributed by atoms with E-state index in [1.54, 1.807) is 0 Å². The van der Waals surface area contributed by atoms with Gasteiger partial charge in [-0.1, -0.05) is 26.0 Å². The van der Waals surface area contributed by atoms with Gasteiger partial charge in [-0.2, -0.15) is 0 Å². The Labute approximate surface area is 111 Å². The molecular weight excluding hydrogens is 224 g/mol. The van der Waals surface area contributed by atoms with E-state index in [1.807, 2.05) is 32.0 Å². The lowest BCUT2D eigenvalue weighted by Gasteiger charge is -2.25. The van der Waals surface area contributed by atoms with E-state index < -0.39 is 0 Å². The first-order chi connectivity index (χ1) is 8.44. The maximum Gasteiger partial charge on any atom is 0.142 e. The Hall–Kier alpha value is -1.22. The first-order valence-corrected chi connectivity index (χ1v) is 6.64. The SMILES string of the molecule is CC(C)Oc1ccccc1NCC(C)(C)CCN. The van der Waals surface area contributed by atoms with Crippen molar-refractivity contribution in [3.63, 3.8) is 0 Å². The number of rotatable bonds is 7. The van der Waals surface area contributed by atoms with Crippen LogP contribution in [0.3, 0.4) is 0 Å². The van der Waals surface area contributed by atoms with Crippen molar-refractivity contribution in [2.45, 2.75) is 40.2 Å². The van der Waals surface area contributed by atoms with Gasteiger partial charge in [0.15, 0.2) is 0 Å². The molecule has 0 saturated carbocycles. The Bertz CT molecular complexity index is 361. The molecule has 0 aromatic heterocycles. The molecule has 0 aliphatic heterocycles. The highest BCUT2D eigenvalue weighted by molar-refractivity contribution is 5.56. The van der Waals surface area contributed by atoms with Crippen molar-refractivity contribution in [2.24, 2.45) is 11.1 Å². The monoisotopic (exact) mass is 250 g/mol. The molecule has 0 bridgehead atoms. The Morgan fingerprint density at radius 2 is 1.94 bits per heavy atom. The molecule has 0 radical (unpaired) electrons. The second kappa shape index (κ2) is 6.64. The minimum atomic E-state index is 0.185. The molecule has 0 saturated heterocycles. The molecule has 0 aliphatic rings. The largest absolute Gasteiger partial charge is 0.489 e. The summed E-state index contributed by atoms with van der Waals surface area (Å²) in [5.74, 6) is 0.913. The Morgan fingerprint density at radius 3 is 2.56 bits per heavy atom. The summed E-state index contributed by atoms with van der Waals surface area (Å²) in [7, 11) is 0. The van der Waals surface area contributed by atoms with Crippen LogP contribution in [0.1, 0.15) is 34.1 Å². The van der Waals surface area contributed by atoms with E-state index in [4.69, 9.17) is 10.5 Å². The summed E-state index contributed by atoms with van der Waals surface area (Å²) in [6, 6.07) is 8.06. The summed E-state index contributed by atoms with van der Waals surface area (Å²) in [6.07, 6.45) is 1.19. The molecule has 1 rings (SSSR count). The lowest BCUT2D eigenvalue weighted by Crippen LogP contribution is -2.26. The number of para-hydroxylation sites is 2. The van der Waals surface area contributed by atoms with Crippen LogP contribution in [0.4, 0.5) is 5.69 Å². The van der Waals surface area contributed by atoms with Gasteiger partial charge >= 0.3 is 0 Å². The zero-order valence-corrected chi connectivity index (χ0v) is 12.0. The van der Waals surface area contributed by atoms with E-state index in [9.17, 15) is 0 Å². The third-order valence-electron chi connectivity index (χ3n) is 2.83. The van der Waals surface area contributed by atoms with Crippen LogP contribution in [-0.4, -0.2) is 19.2 Å². The average Bonchev–Trinajstić information content (AvgIpc) is 2.27. The maximum atomic E-state index is 5.78. The van der Waals surface area contributed by atoms with Crippen LogP contribution < -0.4 is 15.8 Å². The molecular formula is C15H26N2O. The van der Waals surface area contributed by atoms with Crippen LogP contribution >= 0.6 is 0 Å². The van der Waals surface area contributed by atoms with Gasteiger partial charge in [0.1, 0.15) is 5.75 Å². The summed E-state index contributed by atoms with van der Waals surface area (Å²) in [4.78, 5) is 0. The molecule has 102 valence electrons. The van der Waals surface area contributed by atoms with Gasteiger partial charge in [0.05, 0.1) is 11.8 Å². The summed E-state index contributed by atoms with van der Waals surface area (Å²) in [5.41, 5.74) is 6.87. The maximum absolute atomic E-state index is 5.78. The summed E-state index contributed by atoms with van der Waals surface area (Å²) < 4.78 is 5.78. The Kier molecular flexibility index (Phi) is 5.48. The molecule has 0 spiro atoms. The lowest BCUT2D eigenvalue weighted by atomic mass is 9.89. The van der Waals surface area contributed by atoms with E-state index in [1.165, 1.54) is 0 Å². The van der Waals surface area contributed by atoms with E-state index >= 15 is 0 Å². The van der Waals surface area contributed by atoms with E-state index in [2.05, 4.69) is 25.2 Å². The van der Waals surface area contributed by atoms with Gasteiger partial charge in [0.25, 0.3) is 0 Å². The molecule has 0 heterocycles. The fraction of sp³-hybridized carbons (Fsp3) is 0.600. The summed E-state index contributed by atoms with van der Waals surface area (Å²) in [5, 5.41) is 3.46. The van der Waals surface area contributed by atoms with Gasteiger partial charge in [0, 0.05) is 6.54 Å². The van der Waals surface area contributed by atoms with E-state index in [0.717, 1.165) is 30.9 Å². The zero-order chi connectivity index (χ0) is 13.6. The van der Waals surface area contributed by atoms with Crippen molar-refractivity contribution in [3.05, 3.63) is 24.3 Å². The molecule has 0 amide bonds. The number of benzene rings is 1. The topological polar surface area (TPSA) is 47.3 Å². The molecule has 1 aromatic carbocycles. The molecule has 0 aliphatic carbocycles. The fourth-order valence-corrected chi connectivity index (χ4v) is 1.78. The zero-order valence-electron chi connectivity index (χ0n) is 12.0. The summed E-state index contributed by atoms with van der Waals surface area (Å²) >= 11 is 0. The van der Waals surface area contributed by atoms with E-state index in [0.29, 0.717) is 0 Å². The molecule has 3 heteroatoms. The molecule has 3 N–H and O–H groups in total. The first-order valence-electron chi connectivity index (χ1n) is 6.64. The lowest BCUT2D eigenvalue weighted by molar-refractivity contribution is 0.243. The van der Waals surface area contributed by atoms with E-state index in [-0.39, 0.29) is 11.5 Å². The number of hydrogen-bond acceptors (Lipinski definition) is 3. The molecule has 18 heavy (non-hydrogen) atoms. The van der Waals surface area contributed by atoms with Crippen LogP contribution in [0.25, 0.3) is 0 Å². The molecule has 0 fully saturated rings. The third kappa shape index (κ3) is 4.96. The van der Waals surface area contributed by atoms with Crippen molar-refractivity contribution >= 4 is 5.69 Å². The summed E-state index contributed by atoms with van der Waals surface area (Å²) in [6.45, 7) is 10.1. The van der Waals surface area contributed by atoms with Crippen LogP contribution in [0.2, 0.25) is 0 Å². The normalized spacial score (nSPS) is 11.7. The molecule has 0 atom stereocenters. The minimum absolute atomic E-state index is 0.185. The van der Waals surface area contributed by atoms with Gasteiger partial charge in [-0.05, 0) is 44.4 Å². The highest BCUT2D eigenvalue weighted by Crippen LogP contribution is 2.27. The van der Waals surface area contributed by atoms with Crippen LogP contribution in [0.15, 0.2) is 24.3 Å². The first kappa shape index (κ1) is 14.8. The Morgan fingerprint density at radius 1 is 1.28 bits per heavy atom. The smallest absolute Gasteiger partial charge is 0.142 e. The number of anilines is 1. The van der Waals surface area contributed by atoms with Crippen molar-refractivity contribution < 1.29 is 4.74 Å². The second-order valence-corrected chi connectivity index (χ2v) is 5.72. The highest BCUT2D eigenvalue weighted by atomic mass is 16.5. The standard InChI is InChI=1S/C15H26N2O/c1-12(2)18-14-8-6-5-7-13(14)17-11-15(3,4)9-10-16/h5-8,12,17H,9-11,16H2,1-4H3. The highest BCUT2D eigenvalue weighted by Gasteiger charge is 2.17. The van der Waals surface area contributed by atoms with Crippen molar-refractivity contribution in [1.29, 1.82) is 0 Å². The molecule has 3 nitrogen and oxygen atoms in total. The third-order valence-corrected chi connectivity index (χ3v) is 2.83. The number of hydrogen-bond donors (Lipinski definition) is 2. The predicted octanol–water partition coefficient (Wildman–Crippen LogP) is 3.26. The van der Waals surface area contributed by atoms with Gasteiger partial charge < -0.3 is 15.8 Å². The number of ether oxygens (including phenoxy) is 1. The number of nitrogens with one attached hydrogen (secondary N) is 1. The number of nitrogens with two attached hydrogens (primary N) is 1. The quantitative estimate of drug-likeness (QED) is 0.781. The molecule has 1 aromatic rings. The van der Waals surface area contributed by atoms with Crippen molar-refractivity contribution in [3.8, 4) is 5.75 Å². The Balaban J connectivity index is 2.66. The molecule has 0 unspecified atom stereocenters. The van der Waals surface area contributed by atoms with Crippen LogP contribution in [0.5, 0.6) is 5.75 Å². The van der Waals surface area contributed by atoms with Gasteiger partial charge in [-0.3, -0.25) is 0 Å². The predicted molar refractivity (Wildman–Crippen MR) is 78.1 cm³/mol. The van der Waals surface area contributed by atoms with Gasteiger partial charge in [-0.15, -0.1) is 0 Å². The van der Waals surface area contributed by atoms with Crippen molar-refractivity contribution in [2.75, 3.05) is 18.4 Å². The average molecular weight is 250 g/mol. The van der Waals surface area contributed by atoms with Gasteiger partial charge in [-0.25, -0.2) is 0 Å². The fourth-order valence-electron chi connectivity index (χ4n) is 1.78. The van der Waals surface area contributed by atoms with Crippen LogP contribution in [-0.2, 0) is 0 Å². The second-order valence-electron chi connectivity index (χ2n) is 5.72. The minimum Gasteiger partial charge on any atom is -0.489 e.